The molecule has 2 aliphatic heterocycles. The van der Waals surface area contributed by atoms with Crippen LogP contribution < -0.4 is 4.90 Å². The topological polar surface area (TPSA) is 88.8 Å². The number of benzene rings is 1. The molecule has 2 bridgehead atoms. The average molecular weight is 370 g/mol. The van der Waals surface area contributed by atoms with Crippen LogP contribution in [0.15, 0.2) is 30.3 Å². The highest BCUT2D eigenvalue weighted by Crippen LogP contribution is 2.35. The summed E-state index contributed by atoms with van der Waals surface area (Å²) >= 11 is 0. The number of carbonyl (C=O) groups is 1. The predicted molar refractivity (Wildman–Crippen MR) is 101 cm³/mol. The molecule has 27 heavy (non-hydrogen) atoms. The number of pyridine rings is 1. The van der Waals surface area contributed by atoms with Crippen LogP contribution in [0.1, 0.15) is 27.2 Å². The van der Waals surface area contributed by atoms with Crippen molar-refractivity contribution in [2.45, 2.75) is 44.9 Å². The molecule has 4 rings (SSSR count). The SMILES string of the molecule is CC(C)(C)OC(=O)N1C[C@@H]2C[C@H]1CN2c1ccc2cc([N+](=O)[O-])ccc2n1. The fraction of sp³-hybridized carbons (Fsp3) is 0.474. The summed E-state index contributed by atoms with van der Waals surface area (Å²) in [6.45, 7) is 6.95. The van der Waals surface area contributed by atoms with Crippen molar-refractivity contribution in [2.75, 3.05) is 18.0 Å². The lowest BCUT2D eigenvalue weighted by Crippen LogP contribution is -2.50. The Hall–Kier alpha value is -2.90. The van der Waals surface area contributed by atoms with Gasteiger partial charge in [-0.05, 0) is 45.4 Å². The minimum atomic E-state index is -0.499. The summed E-state index contributed by atoms with van der Waals surface area (Å²) in [5.41, 5.74) is 0.288. The molecule has 0 saturated carbocycles. The molecule has 2 atom stereocenters. The summed E-state index contributed by atoms with van der Waals surface area (Å²) in [5, 5.41) is 11.7. The van der Waals surface area contributed by atoms with E-state index in [-0.39, 0.29) is 23.9 Å². The van der Waals surface area contributed by atoms with Crippen LogP contribution in [-0.4, -0.2) is 51.7 Å². The molecule has 1 amide bonds. The summed E-state index contributed by atoms with van der Waals surface area (Å²) in [7, 11) is 0. The van der Waals surface area contributed by atoms with E-state index in [1.807, 2.05) is 37.8 Å². The molecule has 3 heterocycles. The third-order valence-corrected chi connectivity index (χ3v) is 5.03. The third-order valence-electron chi connectivity index (χ3n) is 5.03. The molecule has 2 fully saturated rings. The fourth-order valence-electron chi connectivity index (χ4n) is 3.87. The summed E-state index contributed by atoms with van der Waals surface area (Å²) in [6, 6.07) is 8.78. The second kappa shape index (κ2) is 6.07. The molecule has 142 valence electrons. The van der Waals surface area contributed by atoms with Gasteiger partial charge in [-0.1, -0.05) is 0 Å². The van der Waals surface area contributed by atoms with Gasteiger partial charge in [0.15, 0.2) is 0 Å². The van der Waals surface area contributed by atoms with Crippen LogP contribution in [0.5, 0.6) is 0 Å². The van der Waals surface area contributed by atoms with E-state index in [0.29, 0.717) is 6.54 Å². The van der Waals surface area contributed by atoms with Crippen LogP contribution in [0.2, 0.25) is 0 Å². The van der Waals surface area contributed by atoms with Crippen molar-refractivity contribution in [3.8, 4) is 0 Å². The molecule has 8 nitrogen and oxygen atoms in total. The van der Waals surface area contributed by atoms with Crippen molar-refractivity contribution in [1.29, 1.82) is 0 Å². The zero-order valence-electron chi connectivity index (χ0n) is 15.6. The second-order valence-corrected chi connectivity index (χ2v) is 8.13. The Morgan fingerprint density at radius 1 is 1.22 bits per heavy atom. The predicted octanol–water partition coefficient (Wildman–Crippen LogP) is 3.34. The van der Waals surface area contributed by atoms with E-state index in [0.717, 1.165) is 29.7 Å². The number of piperazine rings is 1. The Morgan fingerprint density at radius 3 is 2.63 bits per heavy atom. The van der Waals surface area contributed by atoms with Gasteiger partial charge in [-0.25, -0.2) is 9.78 Å². The summed E-state index contributed by atoms with van der Waals surface area (Å²) in [4.78, 5) is 31.6. The smallest absolute Gasteiger partial charge is 0.410 e. The van der Waals surface area contributed by atoms with Gasteiger partial charge in [0.2, 0.25) is 0 Å². The molecule has 2 saturated heterocycles. The number of hydrogen-bond donors (Lipinski definition) is 0. The number of hydrogen-bond acceptors (Lipinski definition) is 6. The van der Waals surface area contributed by atoms with Crippen LogP contribution in [0.25, 0.3) is 10.9 Å². The van der Waals surface area contributed by atoms with Crippen molar-refractivity contribution in [3.63, 3.8) is 0 Å². The molecular formula is C19H22N4O4. The first-order valence-electron chi connectivity index (χ1n) is 9.03. The number of nitro groups is 1. The molecule has 0 N–H and O–H groups in total. The molecule has 0 aliphatic carbocycles. The number of fused-ring (bicyclic) bond motifs is 3. The van der Waals surface area contributed by atoms with E-state index < -0.39 is 10.5 Å². The summed E-state index contributed by atoms with van der Waals surface area (Å²) in [6.07, 6.45) is 0.646. The van der Waals surface area contributed by atoms with Crippen LogP contribution in [-0.2, 0) is 4.74 Å². The number of likely N-dealkylation sites (tertiary alicyclic amines) is 1. The van der Waals surface area contributed by atoms with Gasteiger partial charge in [-0.15, -0.1) is 0 Å². The van der Waals surface area contributed by atoms with Crippen molar-refractivity contribution in [2.24, 2.45) is 0 Å². The van der Waals surface area contributed by atoms with Gasteiger partial charge in [0.1, 0.15) is 11.4 Å². The number of nitro benzene ring substituents is 1. The first-order chi connectivity index (χ1) is 12.7. The number of anilines is 1. The van der Waals surface area contributed by atoms with E-state index in [2.05, 4.69) is 9.88 Å². The highest BCUT2D eigenvalue weighted by molar-refractivity contribution is 5.83. The molecule has 1 aromatic heterocycles. The van der Waals surface area contributed by atoms with Crippen molar-refractivity contribution < 1.29 is 14.5 Å². The summed E-state index contributed by atoms with van der Waals surface area (Å²) < 4.78 is 5.50. The molecule has 0 radical (unpaired) electrons. The third kappa shape index (κ3) is 3.27. The summed E-state index contributed by atoms with van der Waals surface area (Å²) in [5.74, 6) is 0.840. The maximum atomic E-state index is 12.4. The van der Waals surface area contributed by atoms with E-state index in [1.165, 1.54) is 12.1 Å². The van der Waals surface area contributed by atoms with Crippen LogP contribution >= 0.6 is 0 Å². The number of rotatable bonds is 2. The lowest BCUT2D eigenvalue weighted by molar-refractivity contribution is -0.384. The van der Waals surface area contributed by atoms with Crippen LogP contribution in [0.3, 0.4) is 0 Å². The molecule has 2 aromatic rings. The van der Waals surface area contributed by atoms with E-state index >= 15 is 0 Å². The Morgan fingerprint density at radius 2 is 2.00 bits per heavy atom. The van der Waals surface area contributed by atoms with Crippen molar-refractivity contribution in [1.82, 2.24) is 9.88 Å². The number of carbonyl (C=O) groups excluding carboxylic acids is 1. The Kier molecular flexibility index (Phi) is 3.94. The van der Waals surface area contributed by atoms with E-state index in [9.17, 15) is 14.9 Å². The van der Waals surface area contributed by atoms with Gasteiger partial charge in [-0.2, -0.15) is 0 Å². The van der Waals surface area contributed by atoms with Gasteiger partial charge in [0.25, 0.3) is 5.69 Å². The van der Waals surface area contributed by atoms with Crippen molar-refractivity contribution in [3.05, 3.63) is 40.4 Å². The molecule has 0 unspecified atom stereocenters. The van der Waals surface area contributed by atoms with Gasteiger partial charge < -0.3 is 14.5 Å². The molecule has 0 spiro atoms. The minimum absolute atomic E-state index is 0.0604. The number of aromatic nitrogens is 1. The van der Waals surface area contributed by atoms with Crippen LogP contribution in [0, 0.1) is 10.1 Å². The Bertz CT molecular complexity index is 924. The first kappa shape index (κ1) is 17.5. The lowest BCUT2D eigenvalue weighted by atomic mass is 10.2. The quantitative estimate of drug-likeness (QED) is 0.595. The Labute approximate surface area is 156 Å². The number of amides is 1. The molecule has 1 aromatic carbocycles. The maximum Gasteiger partial charge on any atom is 0.410 e. The molecule has 8 heteroatoms. The number of non-ortho nitro benzene ring substituents is 1. The standard InChI is InChI=1S/C19H22N4O4/c1-19(2,3)27-18(24)22-11-14-9-15(22)10-21(14)17-7-4-12-8-13(23(25)26)5-6-16(12)20-17/h4-8,14-15H,9-11H2,1-3H3/t14-,15-/m0/s1. The maximum absolute atomic E-state index is 12.4. The molecule has 2 aliphatic rings. The zero-order chi connectivity index (χ0) is 19.3. The van der Waals surface area contributed by atoms with Gasteiger partial charge in [0, 0.05) is 30.6 Å². The average Bonchev–Trinajstić information content (AvgIpc) is 3.20. The zero-order valence-corrected chi connectivity index (χ0v) is 15.6. The monoisotopic (exact) mass is 370 g/mol. The van der Waals surface area contributed by atoms with Gasteiger partial charge in [0.05, 0.1) is 22.5 Å². The Balaban J connectivity index is 1.51. The van der Waals surface area contributed by atoms with E-state index in [4.69, 9.17) is 4.74 Å². The van der Waals surface area contributed by atoms with Crippen LogP contribution in [0.4, 0.5) is 16.3 Å². The fourth-order valence-corrected chi connectivity index (χ4v) is 3.87. The lowest BCUT2D eigenvalue weighted by Gasteiger charge is -2.35. The minimum Gasteiger partial charge on any atom is -0.444 e. The van der Waals surface area contributed by atoms with Crippen molar-refractivity contribution >= 4 is 28.5 Å². The first-order valence-corrected chi connectivity index (χ1v) is 9.03. The highest BCUT2D eigenvalue weighted by atomic mass is 16.6. The highest BCUT2D eigenvalue weighted by Gasteiger charge is 2.47. The second-order valence-electron chi connectivity index (χ2n) is 8.13. The molecular weight excluding hydrogens is 348 g/mol. The van der Waals surface area contributed by atoms with E-state index in [1.54, 1.807) is 6.07 Å². The largest absolute Gasteiger partial charge is 0.444 e. The number of nitrogens with zero attached hydrogens (tertiary/aromatic N) is 4. The number of ether oxygens (including phenoxy) is 1. The van der Waals surface area contributed by atoms with Gasteiger partial charge >= 0.3 is 6.09 Å². The normalized spacial score (nSPS) is 21.7. The van der Waals surface area contributed by atoms with Gasteiger partial charge in [-0.3, -0.25) is 10.1 Å².